The Balaban J connectivity index is 1.47. The summed E-state index contributed by atoms with van der Waals surface area (Å²) >= 11 is 18.0. The molecule has 1 aliphatic heterocycles. The summed E-state index contributed by atoms with van der Waals surface area (Å²) in [5.41, 5.74) is 0.952. The van der Waals surface area contributed by atoms with Gasteiger partial charge in [0.05, 0.1) is 23.4 Å². The lowest BCUT2D eigenvalue weighted by Gasteiger charge is -2.15. The molecule has 34 heavy (non-hydrogen) atoms. The first kappa shape index (κ1) is 23.6. The topological polar surface area (TPSA) is 84.9 Å². The molecular weight excluding hydrogens is 503 g/mol. The van der Waals surface area contributed by atoms with Crippen LogP contribution in [-0.4, -0.2) is 24.9 Å². The molecule has 0 saturated heterocycles. The first-order valence-corrected chi connectivity index (χ1v) is 10.9. The van der Waals surface area contributed by atoms with Gasteiger partial charge in [0.1, 0.15) is 22.2 Å². The van der Waals surface area contributed by atoms with E-state index in [1.165, 1.54) is 31.4 Å². The fourth-order valence-corrected chi connectivity index (χ4v) is 3.79. The minimum atomic E-state index is -0.653. The number of carbonyl (C=O) groups excluding carboxylic acids is 3. The lowest BCUT2D eigenvalue weighted by molar-refractivity contribution is -0.120. The predicted octanol–water partition coefficient (Wildman–Crippen LogP) is 5.66. The number of rotatable bonds is 6. The summed E-state index contributed by atoms with van der Waals surface area (Å²) in [6, 6.07) is 17.0. The fourth-order valence-electron chi connectivity index (χ4n) is 3.13. The van der Waals surface area contributed by atoms with Gasteiger partial charge in [-0.3, -0.25) is 9.59 Å². The van der Waals surface area contributed by atoms with E-state index in [-0.39, 0.29) is 27.1 Å². The molecule has 0 atom stereocenters. The van der Waals surface area contributed by atoms with Crippen LogP contribution in [0.3, 0.4) is 0 Å². The van der Waals surface area contributed by atoms with E-state index in [0.29, 0.717) is 22.1 Å². The molecule has 3 aromatic carbocycles. The Bertz CT molecular complexity index is 1320. The number of imide groups is 1. The van der Waals surface area contributed by atoms with Crippen LogP contribution in [-0.2, 0) is 9.59 Å². The van der Waals surface area contributed by atoms with Crippen LogP contribution in [0.1, 0.15) is 10.4 Å². The van der Waals surface area contributed by atoms with Crippen molar-refractivity contribution in [2.45, 2.75) is 0 Å². The van der Waals surface area contributed by atoms with Crippen molar-refractivity contribution in [2.75, 3.05) is 17.3 Å². The smallest absolute Gasteiger partial charge is 0.343 e. The molecule has 1 N–H and O–H groups in total. The Morgan fingerprint density at radius 3 is 2.18 bits per heavy atom. The van der Waals surface area contributed by atoms with Gasteiger partial charge in [-0.1, -0.05) is 34.8 Å². The molecule has 0 aliphatic carbocycles. The predicted molar refractivity (Wildman–Crippen MR) is 130 cm³/mol. The zero-order chi connectivity index (χ0) is 24.4. The van der Waals surface area contributed by atoms with Crippen molar-refractivity contribution in [1.82, 2.24) is 0 Å². The van der Waals surface area contributed by atoms with Crippen LogP contribution >= 0.6 is 34.8 Å². The van der Waals surface area contributed by atoms with Gasteiger partial charge in [-0.25, -0.2) is 9.69 Å². The van der Waals surface area contributed by atoms with Gasteiger partial charge in [0, 0.05) is 10.7 Å². The van der Waals surface area contributed by atoms with E-state index in [0.717, 1.165) is 4.90 Å². The van der Waals surface area contributed by atoms with Gasteiger partial charge in [-0.05, 0) is 66.7 Å². The lowest BCUT2D eigenvalue weighted by atomic mass is 10.2. The Hall–Kier alpha value is -3.52. The maximum Gasteiger partial charge on any atom is 0.343 e. The van der Waals surface area contributed by atoms with E-state index in [4.69, 9.17) is 44.3 Å². The average molecular weight is 518 g/mol. The second-order valence-electron chi connectivity index (χ2n) is 7.00. The van der Waals surface area contributed by atoms with Crippen molar-refractivity contribution < 1.29 is 23.9 Å². The second-order valence-corrected chi connectivity index (χ2v) is 8.22. The van der Waals surface area contributed by atoms with E-state index in [1.54, 1.807) is 42.5 Å². The molecule has 7 nitrogen and oxygen atoms in total. The number of anilines is 2. The molecule has 0 bridgehead atoms. The van der Waals surface area contributed by atoms with Crippen LogP contribution < -0.4 is 19.7 Å². The second kappa shape index (κ2) is 9.77. The van der Waals surface area contributed by atoms with Crippen LogP contribution in [0.25, 0.3) is 0 Å². The number of halogens is 3. The molecule has 2 amide bonds. The SMILES string of the molecule is COc1ccc(N2C(=O)C(Cl)=C(Nc3ccc(C(=O)Oc4ccc(Cl)cc4Cl)cc3)C2=O)cc1. The van der Waals surface area contributed by atoms with Gasteiger partial charge in [-0.2, -0.15) is 0 Å². The highest BCUT2D eigenvalue weighted by Gasteiger charge is 2.39. The summed E-state index contributed by atoms with van der Waals surface area (Å²) < 4.78 is 10.4. The summed E-state index contributed by atoms with van der Waals surface area (Å²) in [4.78, 5) is 38.9. The molecule has 3 aromatic rings. The van der Waals surface area contributed by atoms with Crippen molar-refractivity contribution in [3.8, 4) is 11.5 Å². The molecular formula is C24H15Cl3N2O5. The highest BCUT2D eigenvalue weighted by molar-refractivity contribution is 6.53. The monoisotopic (exact) mass is 516 g/mol. The highest BCUT2D eigenvalue weighted by atomic mass is 35.5. The number of hydrogen-bond donors (Lipinski definition) is 1. The molecule has 0 fully saturated rings. The van der Waals surface area contributed by atoms with Crippen LogP contribution in [0.4, 0.5) is 11.4 Å². The van der Waals surface area contributed by atoms with Crippen molar-refractivity contribution in [3.05, 3.63) is 93.1 Å². The molecule has 0 saturated carbocycles. The van der Waals surface area contributed by atoms with Gasteiger partial charge >= 0.3 is 5.97 Å². The normalized spacial score (nSPS) is 13.4. The number of esters is 1. The molecule has 0 radical (unpaired) electrons. The van der Waals surface area contributed by atoms with Crippen LogP contribution in [0.15, 0.2) is 77.5 Å². The molecule has 172 valence electrons. The van der Waals surface area contributed by atoms with Crippen molar-refractivity contribution in [3.63, 3.8) is 0 Å². The number of hydrogen-bond acceptors (Lipinski definition) is 6. The number of ether oxygens (including phenoxy) is 2. The molecule has 0 unspecified atom stereocenters. The maximum absolute atomic E-state index is 12.9. The molecule has 1 aliphatic rings. The Labute approximate surface area is 209 Å². The first-order chi connectivity index (χ1) is 16.3. The minimum absolute atomic E-state index is 0.0780. The number of carbonyl (C=O) groups is 3. The molecule has 4 rings (SSSR count). The van der Waals surface area contributed by atoms with E-state index in [1.807, 2.05) is 0 Å². The summed E-state index contributed by atoms with van der Waals surface area (Å²) in [5.74, 6) is -1.15. The zero-order valence-electron chi connectivity index (χ0n) is 17.5. The number of amides is 2. The largest absolute Gasteiger partial charge is 0.497 e. The molecule has 1 heterocycles. The van der Waals surface area contributed by atoms with Gasteiger partial charge in [0.2, 0.25) is 0 Å². The number of nitrogens with zero attached hydrogens (tertiary/aromatic N) is 1. The quantitative estimate of drug-likeness (QED) is 0.258. The molecule has 0 aromatic heterocycles. The Morgan fingerprint density at radius 1 is 0.882 bits per heavy atom. The standard InChI is InChI=1S/C24H15Cl3N2O5/c1-33-17-9-7-16(8-10-17)29-22(30)20(27)21(23(29)31)28-15-5-2-13(3-6-15)24(32)34-19-11-4-14(25)12-18(19)26/h2-12,28H,1H3. The van der Waals surface area contributed by atoms with Crippen LogP contribution in [0, 0.1) is 0 Å². The van der Waals surface area contributed by atoms with Crippen molar-refractivity contribution >= 4 is 64.0 Å². The zero-order valence-corrected chi connectivity index (χ0v) is 19.7. The van der Waals surface area contributed by atoms with Gasteiger partial charge in [0.25, 0.3) is 11.8 Å². The van der Waals surface area contributed by atoms with E-state index in [9.17, 15) is 14.4 Å². The summed E-state index contributed by atoms with van der Waals surface area (Å²) in [5, 5.41) is 3.21. The maximum atomic E-state index is 12.9. The number of methoxy groups -OCH3 is 1. The van der Waals surface area contributed by atoms with E-state index >= 15 is 0 Å². The van der Waals surface area contributed by atoms with Gasteiger partial charge in [-0.15, -0.1) is 0 Å². The van der Waals surface area contributed by atoms with E-state index in [2.05, 4.69) is 5.32 Å². The van der Waals surface area contributed by atoms with Crippen molar-refractivity contribution in [2.24, 2.45) is 0 Å². The van der Waals surface area contributed by atoms with Gasteiger partial charge in [0.15, 0.2) is 0 Å². The van der Waals surface area contributed by atoms with Crippen LogP contribution in [0.2, 0.25) is 10.0 Å². The average Bonchev–Trinajstić information content (AvgIpc) is 3.04. The lowest BCUT2D eigenvalue weighted by Crippen LogP contribution is -2.32. The van der Waals surface area contributed by atoms with E-state index < -0.39 is 17.8 Å². The Kier molecular flexibility index (Phi) is 6.79. The number of benzene rings is 3. The number of nitrogens with one attached hydrogen (secondary N) is 1. The third-order valence-corrected chi connectivity index (χ3v) is 5.73. The molecule has 10 heteroatoms. The third kappa shape index (κ3) is 4.72. The fraction of sp³-hybridized carbons (Fsp3) is 0.0417. The third-order valence-electron chi connectivity index (χ3n) is 4.84. The summed E-state index contributed by atoms with van der Waals surface area (Å²) in [6.07, 6.45) is 0. The summed E-state index contributed by atoms with van der Waals surface area (Å²) in [7, 11) is 1.51. The van der Waals surface area contributed by atoms with Crippen molar-refractivity contribution in [1.29, 1.82) is 0 Å². The van der Waals surface area contributed by atoms with Crippen LogP contribution in [0.5, 0.6) is 11.5 Å². The first-order valence-electron chi connectivity index (χ1n) is 9.75. The summed E-state index contributed by atoms with van der Waals surface area (Å²) in [6.45, 7) is 0. The highest BCUT2D eigenvalue weighted by Crippen LogP contribution is 2.31. The molecule has 0 spiro atoms. The Morgan fingerprint density at radius 2 is 1.56 bits per heavy atom. The van der Waals surface area contributed by atoms with Gasteiger partial charge < -0.3 is 14.8 Å². The minimum Gasteiger partial charge on any atom is -0.497 e.